The van der Waals surface area contributed by atoms with Crippen LogP contribution in [0.1, 0.15) is 39.5 Å². The van der Waals surface area contributed by atoms with Gasteiger partial charge in [0.15, 0.2) is 0 Å². The summed E-state index contributed by atoms with van der Waals surface area (Å²) in [6, 6.07) is 3.97. The first-order valence-corrected chi connectivity index (χ1v) is 13.1. The molecule has 0 bridgehead atoms. The van der Waals surface area contributed by atoms with Gasteiger partial charge in [-0.05, 0) is 19.3 Å². The summed E-state index contributed by atoms with van der Waals surface area (Å²) in [4.78, 5) is 0. The van der Waals surface area contributed by atoms with Crippen molar-refractivity contribution in [2.24, 2.45) is 0 Å². The normalized spacial score (nSPS) is 24.2. The van der Waals surface area contributed by atoms with Crippen LogP contribution in [0.4, 0.5) is 0 Å². The van der Waals surface area contributed by atoms with Crippen LogP contribution in [-0.2, 0) is 23.7 Å². The summed E-state index contributed by atoms with van der Waals surface area (Å²) in [5.74, 6) is 0. The summed E-state index contributed by atoms with van der Waals surface area (Å²) >= 11 is 0. The minimum absolute atomic E-state index is 0.373. The Morgan fingerprint density at radius 2 is 1.32 bits per heavy atom. The Balaban J connectivity index is 1.68. The van der Waals surface area contributed by atoms with Crippen LogP contribution in [0.3, 0.4) is 0 Å². The summed E-state index contributed by atoms with van der Waals surface area (Å²) in [7, 11) is -1.40. The third kappa shape index (κ3) is 10.1. The highest BCUT2D eigenvalue weighted by Crippen LogP contribution is 2.27. The van der Waals surface area contributed by atoms with E-state index in [-0.39, 0.29) is 0 Å². The van der Waals surface area contributed by atoms with Gasteiger partial charge in [0.1, 0.15) is 12.2 Å². The van der Waals surface area contributed by atoms with E-state index < -0.39 is 8.07 Å². The number of hydrogen-bond donors (Lipinski definition) is 0. The molecule has 6 heteroatoms. The Bertz CT molecular complexity index is 312. The molecule has 25 heavy (non-hydrogen) atoms. The monoisotopic (exact) mass is 374 g/mol. The quantitative estimate of drug-likeness (QED) is 0.209. The predicted octanol–water partition coefficient (Wildman–Crippen LogP) is 3.42. The lowest BCUT2D eigenvalue weighted by Gasteiger charge is -2.31. The molecule has 0 spiro atoms. The largest absolute Gasteiger partial charge is 0.385 e. The molecule has 2 unspecified atom stereocenters. The highest BCUT2D eigenvalue weighted by Gasteiger charge is 2.32. The van der Waals surface area contributed by atoms with Crippen molar-refractivity contribution in [2.75, 3.05) is 52.5 Å². The molecule has 0 aromatic heterocycles. The van der Waals surface area contributed by atoms with Gasteiger partial charge >= 0.3 is 0 Å². The van der Waals surface area contributed by atoms with Crippen LogP contribution in [0.25, 0.3) is 0 Å². The summed E-state index contributed by atoms with van der Waals surface area (Å²) in [6.07, 6.45) is 6.43. The second-order valence-corrected chi connectivity index (χ2v) is 12.4. The summed E-state index contributed by atoms with van der Waals surface area (Å²) in [5.41, 5.74) is 0. The fraction of sp³-hybridized carbons (Fsp3) is 1.00. The lowest BCUT2D eigenvalue weighted by atomic mass is 10.5. The SMILES string of the molecule is CCCOC[Si](CCC)(CCCOCC1CO1)CCCOCC1CO1. The van der Waals surface area contributed by atoms with Crippen LogP contribution in [0.15, 0.2) is 0 Å². The number of ether oxygens (including phenoxy) is 5. The van der Waals surface area contributed by atoms with Gasteiger partial charge in [0.05, 0.1) is 34.5 Å². The van der Waals surface area contributed by atoms with Gasteiger partial charge < -0.3 is 23.7 Å². The first kappa shape index (κ1) is 21.3. The molecule has 5 nitrogen and oxygen atoms in total. The Hall–Kier alpha value is 0.0169. The topological polar surface area (TPSA) is 52.8 Å². The Morgan fingerprint density at radius 1 is 0.760 bits per heavy atom. The minimum Gasteiger partial charge on any atom is -0.385 e. The molecular weight excluding hydrogens is 336 g/mol. The van der Waals surface area contributed by atoms with Gasteiger partial charge in [0, 0.05) is 26.1 Å². The highest BCUT2D eigenvalue weighted by molar-refractivity contribution is 6.79. The Labute approximate surface area is 154 Å². The van der Waals surface area contributed by atoms with Crippen molar-refractivity contribution in [1.82, 2.24) is 0 Å². The van der Waals surface area contributed by atoms with Crippen molar-refractivity contribution >= 4 is 8.07 Å². The molecule has 148 valence electrons. The summed E-state index contributed by atoms with van der Waals surface area (Å²) in [6.45, 7) is 10.4. The standard InChI is InChI=1S/C19H38O5Si/c1-3-7-22-17-25(10-4-2,11-5-8-20-13-18-15-23-18)12-6-9-21-14-19-16-24-19/h18-19H,3-17H2,1-2H3. The Kier molecular flexibility index (Phi) is 10.6. The molecule has 0 radical (unpaired) electrons. The van der Waals surface area contributed by atoms with E-state index in [4.69, 9.17) is 23.7 Å². The van der Waals surface area contributed by atoms with Crippen LogP contribution in [0.2, 0.25) is 18.1 Å². The number of rotatable bonds is 18. The van der Waals surface area contributed by atoms with Gasteiger partial charge in [-0.25, -0.2) is 0 Å². The fourth-order valence-electron chi connectivity index (χ4n) is 3.41. The van der Waals surface area contributed by atoms with Gasteiger partial charge in [-0.1, -0.05) is 38.4 Å². The van der Waals surface area contributed by atoms with Crippen molar-refractivity contribution in [3.05, 3.63) is 0 Å². The number of epoxide rings is 2. The predicted molar refractivity (Wildman–Crippen MR) is 102 cm³/mol. The molecule has 2 rings (SSSR count). The molecule has 2 saturated heterocycles. The van der Waals surface area contributed by atoms with E-state index in [0.29, 0.717) is 12.2 Å². The van der Waals surface area contributed by atoms with Gasteiger partial charge in [-0.2, -0.15) is 0 Å². The minimum atomic E-state index is -1.40. The third-order valence-electron chi connectivity index (χ3n) is 4.94. The number of hydrogen-bond acceptors (Lipinski definition) is 5. The lowest BCUT2D eigenvalue weighted by molar-refractivity contribution is 0.114. The molecular formula is C19H38O5Si. The van der Waals surface area contributed by atoms with E-state index >= 15 is 0 Å². The van der Waals surface area contributed by atoms with Gasteiger partial charge in [-0.3, -0.25) is 0 Å². The second kappa shape index (κ2) is 12.4. The molecule has 2 fully saturated rings. The van der Waals surface area contributed by atoms with E-state index in [1.165, 1.54) is 24.6 Å². The maximum Gasteiger partial charge on any atom is 0.104 e. The maximum absolute atomic E-state index is 6.05. The van der Waals surface area contributed by atoms with Crippen LogP contribution in [0.5, 0.6) is 0 Å². The highest BCUT2D eigenvalue weighted by atomic mass is 28.3. The zero-order valence-electron chi connectivity index (χ0n) is 16.3. The van der Waals surface area contributed by atoms with Crippen LogP contribution >= 0.6 is 0 Å². The maximum atomic E-state index is 6.05. The Morgan fingerprint density at radius 3 is 1.76 bits per heavy atom. The van der Waals surface area contributed by atoms with Gasteiger partial charge in [0.25, 0.3) is 0 Å². The molecule has 0 aliphatic carbocycles. The van der Waals surface area contributed by atoms with Crippen molar-refractivity contribution in [3.63, 3.8) is 0 Å². The first-order chi connectivity index (χ1) is 12.3. The average molecular weight is 375 g/mol. The molecule has 0 N–H and O–H groups in total. The van der Waals surface area contributed by atoms with Crippen LogP contribution in [0, 0.1) is 0 Å². The summed E-state index contributed by atoms with van der Waals surface area (Å²) < 4.78 is 27.9. The van der Waals surface area contributed by atoms with Crippen LogP contribution < -0.4 is 0 Å². The first-order valence-electron chi connectivity index (χ1n) is 10.2. The van der Waals surface area contributed by atoms with E-state index in [1.54, 1.807) is 0 Å². The zero-order chi connectivity index (χ0) is 17.8. The molecule has 2 aliphatic rings. The lowest BCUT2D eigenvalue weighted by Crippen LogP contribution is -2.41. The second-order valence-electron chi connectivity index (χ2n) is 7.57. The molecule has 2 heterocycles. The fourth-order valence-corrected chi connectivity index (χ4v) is 8.02. The molecule has 2 atom stereocenters. The zero-order valence-corrected chi connectivity index (χ0v) is 17.3. The summed E-state index contributed by atoms with van der Waals surface area (Å²) in [5, 5.41) is 0. The van der Waals surface area contributed by atoms with Crippen molar-refractivity contribution in [2.45, 2.75) is 69.9 Å². The van der Waals surface area contributed by atoms with E-state index in [2.05, 4.69) is 13.8 Å². The van der Waals surface area contributed by atoms with Crippen molar-refractivity contribution < 1.29 is 23.7 Å². The van der Waals surface area contributed by atoms with E-state index in [1.807, 2.05) is 0 Å². The van der Waals surface area contributed by atoms with E-state index in [9.17, 15) is 0 Å². The smallest absolute Gasteiger partial charge is 0.104 e. The van der Waals surface area contributed by atoms with Crippen LogP contribution in [-0.4, -0.2) is 72.8 Å². The molecule has 0 aromatic rings. The average Bonchev–Trinajstić information content (AvgIpc) is 3.49. The molecule has 0 saturated carbocycles. The third-order valence-corrected chi connectivity index (χ3v) is 10.1. The van der Waals surface area contributed by atoms with E-state index in [0.717, 1.165) is 71.7 Å². The van der Waals surface area contributed by atoms with Crippen molar-refractivity contribution in [1.29, 1.82) is 0 Å². The molecule has 2 aliphatic heterocycles. The molecule has 0 aromatic carbocycles. The van der Waals surface area contributed by atoms with Gasteiger partial charge in [-0.15, -0.1) is 0 Å². The van der Waals surface area contributed by atoms with Crippen molar-refractivity contribution in [3.8, 4) is 0 Å². The van der Waals surface area contributed by atoms with Gasteiger partial charge in [0.2, 0.25) is 0 Å². The molecule has 0 amide bonds.